The van der Waals surface area contributed by atoms with Crippen LogP contribution in [0.2, 0.25) is 0 Å². The molecule has 0 saturated heterocycles. The van der Waals surface area contributed by atoms with Gasteiger partial charge in [-0.25, -0.2) is 0 Å². The van der Waals surface area contributed by atoms with E-state index in [1.165, 1.54) is 81.8 Å². The lowest BCUT2D eigenvalue weighted by atomic mass is 9.75. The van der Waals surface area contributed by atoms with E-state index in [1.54, 1.807) is 0 Å². The summed E-state index contributed by atoms with van der Waals surface area (Å²) in [7, 11) is 0. The highest BCUT2D eigenvalue weighted by Gasteiger charge is 2.26. The Hall–Kier alpha value is -1.31. The Kier molecular flexibility index (Phi) is 7.16. The molecule has 0 spiro atoms. The molecule has 0 aliphatic heterocycles. The van der Waals surface area contributed by atoms with E-state index in [1.807, 2.05) is 6.92 Å². The number of aldehydes is 1. The van der Waals surface area contributed by atoms with Crippen LogP contribution in [-0.2, 0) is 0 Å². The molecule has 0 amide bonds. The van der Waals surface area contributed by atoms with Crippen molar-refractivity contribution in [1.29, 1.82) is 0 Å². The molecule has 2 saturated carbocycles. The number of rotatable bonds is 7. The second kappa shape index (κ2) is 9.58. The van der Waals surface area contributed by atoms with Crippen LogP contribution in [0.1, 0.15) is 118 Å². The Balaban J connectivity index is 1.87. The fourth-order valence-corrected chi connectivity index (χ4v) is 5.24. The fourth-order valence-electron chi connectivity index (χ4n) is 5.24. The quantitative estimate of drug-likeness (QED) is 0.491. The molecule has 144 valence electrons. The minimum absolute atomic E-state index is 0.570. The van der Waals surface area contributed by atoms with Crippen LogP contribution >= 0.6 is 0 Å². The van der Waals surface area contributed by atoms with Crippen molar-refractivity contribution in [3.05, 3.63) is 28.8 Å². The predicted molar refractivity (Wildman–Crippen MR) is 108 cm³/mol. The molecule has 2 aliphatic carbocycles. The normalized spacial score (nSPS) is 24.4. The maximum atomic E-state index is 11.8. The molecule has 1 aromatic carbocycles. The second-order valence-electron chi connectivity index (χ2n) is 8.42. The van der Waals surface area contributed by atoms with Gasteiger partial charge in [0.2, 0.25) is 0 Å². The third kappa shape index (κ3) is 4.50. The molecule has 0 bridgehead atoms. The van der Waals surface area contributed by atoms with Crippen LogP contribution in [0.15, 0.2) is 12.1 Å². The Morgan fingerprint density at radius 2 is 1.69 bits per heavy atom. The van der Waals surface area contributed by atoms with Crippen molar-refractivity contribution in [1.82, 2.24) is 0 Å². The fraction of sp³-hybridized carbons (Fsp3) is 0.708. The molecule has 3 rings (SSSR count). The minimum atomic E-state index is 0.570. The molecule has 0 aromatic heterocycles. The largest absolute Gasteiger partial charge is 0.493 e. The van der Waals surface area contributed by atoms with Crippen LogP contribution in [0.5, 0.6) is 5.75 Å². The van der Waals surface area contributed by atoms with Crippen molar-refractivity contribution >= 4 is 6.29 Å². The molecule has 26 heavy (non-hydrogen) atoms. The van der Waals surface area contributed by atoms with Crippen molar-refractivity contribution in [2.45, 2.75) is 96.3 Å². The van der Waals surface area contributed by atoms with Gasteiger partial charge in [0.25, 0.3) is 0 Å². The molecule has 2 heteroatoms. The van der Waals surface area contributed by atoms with Gasteiger partial charge in [0.1, 0.15) is 5.75 Å². The number of hydrogen-bond acceptors (Lipinski definition) is 2. The number of carbonyl (C=O) groups excluding carboxylic acids is 1. The Morgan fingerprint density at radius 3 is 2.31 bits per heavy atom. The zero-order valence-electron chi connectivity index (χ0n) is 16.8. The summed E-state index contributed by atoms with van der Waals surface area (Å²) in [6.07, 6.45) is 15.4. The highest BCUT2D eigenvalue weighted by molar-refractivity contribution is 5.81. The van der Waals surface area contributed by atoms with Crippen molar-refractivity contribution in [3.8, 4) is 5.75 Å². The highest BCUT2D eigenvalue weighted by Crippen LogP contribution is 2.43. The third-order valence-corrected chi connectivity index (χ3v) is 6.64. The average molecular weight is 357 g/mol. The Morgan fingerprint density at radius 1 is 0.962 bits per heavy atom. The number of benzene rings is 1. The molecule has 0 N–H and O–H groups in total. The molecule has 0 unspecified atom stereocenters. The monoisotopic (exact) mass is 356 g/mol. The van der Waals surface area contributed by atoms with E-state index >= 15 is 0 Å². The third-order valence-electron chi connectivity index (χ3n) is 6.64. The highest BCUT2D eigenvalue weighted by atomic mass is 16.5. The number of hydrogen-bond donors (Lipinski definition) is 0. The molecular formula is C24H36O2. The lowest BCUT2D eigenvalue weighted by Crippen LogP contribution is -2.15. The summed E-state index contributed by atoms with van der Waals surface area (Å²) >= 11 is 0. The molecule has 0 atom stereocenters. The smallest absolute Gasteiger partial charge is 0.153 e. The Bertz CT molecular complexity index is 578. The van der Waals surface area contributed by atoms with Crippen LogP contribution in [0, 0.1) is 5.92 Å². The van der Waals surface area contributed by atoms with E-state index in [-0.39, 0.29) is 0 Å². The zero-order chi connectivity index (χ0) is 18.4. The molecule has 2 nitrogen and oxygen atoms in total. The number of carbonyl (C=O) groups is 1. The van der Waals surface area contributed by atoms with Gasteiger partial charge in [-0.2, -0.15) is 0 Å². The lowest BCUT2D eigenvalue weighted by molar-refractivity contribution is 0.111. The molecule has 2 aliphatic rings. The van der Waals surface area contributed by atoms with Crippen LogP contribution in [-0.4, -0.2) is 12.9 Å². The second-order valence-corrected chi connectivity index (χ2v) is 8.42. The van der Waals surface area contributed by atoms with E-state index in [2.05, 4.69) is 19.1 Å². The van der Waals surface area contributed by atoms with Gasteiger partial charge in [-0.15, -0.1) is 0 Å². The standard InChI is InChI=1S/C24H36O2/c1-3-8-18-11-13-19(14-12-18)21-15-22(17-25)24(26-4-2)23(16-21)20-9-6-5-7-10-20/h15-20H,3-14H2,1-2H3. The molecule has 1 aromatic rings. The van der Waals surface area contributed by atoms with Gasteiger partial charge in [-0.1, -0.05) is 45.1 Å². The summed E-state index contributed by atoms with van der Waals surface area (Å²) in [4.78, 5) is 11.8. The number of ether oxygens (including phenoxy) is 1. The molecular weight excluding hydrogens is 320 g/mol. The zero-order valence-corrected chi connectivity index (χ0v) is 16.8. The van der Waals surface area contributed by atoms with Gasteiger partial charge < -0.3 is 4.74 Å². The Labute approximate surface area is 159 Å². The minimum Gasteiger partial charge on any atom is -0.493 e. The van der Waals surface area contributed by atoms with Crippen molar-refractivity contribution < 1.29 is 9.53 Å². The van der Waals surface area contributed by atoms with Crippen molar-refractivity contribution in [3.63, 3.8) is 0 Å². The first-order chi connectivity index (χ1) is 12.8. The maximum absolute atomic E-state index is 11.8. The molecule has 0 heterocycles. The van der Waals surface area contributed by atoms with Crippen LogP contribution in [0.25, 0.3) is 0 Å². The van der Waals surface area contributed by atoms with E-state index in [0.717, 1.165) is 23.5 Å². The van der Waals surface area contributed by atoms with Gasteiger partial charge in [0.15, 0.2) is 6.29 Å². The summed E-state index contributed by atoms with van der Waals surface area (Å²) in [6, 6.07) is 4.55. The van der Waals surface area contributed by atoms with Crippen LogP contribution < -0.4 is 4.74 Å². The maximum Gasteiger partial charge on any atom is 0.153 e. The lowest BCUT2D eigenvalue weighted by Gasteiger charge is -2.31. The summed E-state index contributed by atoms with van der Waals surface area (Å²) in [5.41, 5.74) is 3.49. The van der Waals surface area contributed by atoms with Crippen molar-refractivity contribution in [2.75, 3.05) is 6.61 Å². The van der Waals surface area contributed by atoms with Crippen LogP contribution in [0.3, 0.4) is 0 Å². The molecule has 0 radical (unpaired) electrons. The van der Waals surface area contributed by atoms with E-state index < -0.39 is 0 Å². The van der Waals surface area contributed by atoms with Crippen LogP contribution in [0.4, 0.5) is 0 Å². The first-order valence-corrected chi connectivity index (χ1v) is 11.0. The topological polar surface area (TPSA) is 26.3 Å². The van der Waals surface area contributed by atoms with Gasteiger partial charge in [-0.05, 0) is 80.4 Å². The van der Waals surface area contributed by atoms with Gasteiger partial charge in [-0.3, -0.25) is 4.79 Å². The van der Waals surface area contributed by atoms with Gasteiger partial charge in [0, 0.05) is 0 Å². The van der Waals surface area contributed by atoms with E-state index in [4.69, 9.17) is 4.74 Å². The van der Waals surface area contributed by atoms with Gasteiger partial charge in [0.05, 0.1) is 12.2 Å². The van der Waals surface area contributed by atoms with Gasteiger partial charge >= 0.3 is 0 Å². The summed E-state index contributed by atoms with van der Waals surface area (Å²) in [5, 5.41) is 0. The van der Waals surface area contributed by atoms with Crippen molar-refractivity contribution in [2.24, 2.45) is 5.92 Å². The van der Waals surface area contributed by atoms with E-state index in [9.17, 15) is 4.79 Å². The van der Waals surface area contributed by atoms with E-state index in [0.29, 0.717) is 18.4 Å². The average Bonchev–Trinajstić information content (AvgIpc) is 2.70. The first-order valence-electron chi connectivity index (χ1n) is 11.0. The SMILES string of the molecule is CCCC1CCC(c2cc(C=O)c(OCC)c(C3CCCCC3)c2)CC1. The molecule has 2 fully saturated rings. The summed E-state index contributed by atoms with van der Waals surface area (Å²) < 4.78 is 5.97. The summed E-state index contributed by atoms with van der Waals surface area (Å²) in [6.45, 7) is 4.94. The first kappa shape index (κ1) is 19.5. The summed E-state index contributed by atoms with van der Waals surface area (Å²) in [5.74, 6) is 2.99. The predicted octanol–water partition coefficient (Wildman–Crippen LogP) is 7.02.